The van der Waals surface area contributed by atoms with Crippen LogP contribution in [0.5, 0.6) is 0 Å². The normalized spacial score (nSPS) is 14.2. The number of pyridine rings is 1. The number of rotatable bonds is 2. The first-order chi connectivity index (χ1) is 14.7. The highest BCUT2D eigenvalue weighted by Crippen LogP contribution is 2.37. The molecule has 4 nitrogen and oxygen atoms in total. The number of carbonyl (C=O) groups is 1. The molecule has 4 aromatic rings. The Morgan fingerprint density at radius 3 is 2.40 bits per heavy atom. The maximum atomic E-state index is 13.5. The summed E-state index contributed by atoms with van der Waals surface area (Å²) in [6.45, 7) is 0.230. The van der Waals surface area contributed by atoms with Crippen molar-refractivity contribution in [1.82, 2.24) is 4.98 Å². The number of benzene rings is 3. The van der Waals surface area contributed by atoms with Crippen LogP contribution < -0.4 is 0 Å². The van der Waals surface area contributed by atoms with Crippen molar-refractivity contribution in [2.75, 3.05) is 0 Å². The second kappa shape index (κ2) is 7.31. The minimum Gasteiger partial charge on any atom is -0.483 e. The monoisotopic (exact) mass is 388 g/mol. The van der Waals surface area contributed by atoms with Gasteiger partial charge in [-0.3, -0.25) is 4.79 Å². The molecule has 1 aliphatic heterocycles. The Hall–Kier alpha value is -4.23. The number of Topliss-reactive ketones (excluding diaryl/α,β-unsaturated/α-hetero) is 1. The SMILES string of the molecule is N#Cc1ccc(/C=C2/OCc3nc4ccccc4c(-c4ccccc4)c3C2=O)cc1. The quantitative estimate of drug-likeness (QED) is 0.424. The van der Waals surface area contributed by atoms with E-state index < -0.39 is 0 Å². The molecule has 0 atom stereocenters. The fourth-order valence-corrected chi connectivity index (χ4v) is 3.76. The lowest BCUT2D eigenvalue weighted by molar-refractivity contribution is 0.0867. The summed E-state index contributed by atoms with van der Waals surface area (Å²) < 4.78 is 5.80. The van der Waals surface area contributed by atoms with Crippen LogP contribution in [-0.4, -0.2) is 10.8 Å². The van der Waals surface area contributed by atoms with Crippen molar-refractivity contribution in [2.24, 2.45) is 0 Å². The van der Waals surface area contributed by atoms with Gasteiger partial charge in [-0.25, -0.2) is 4.98 Å². The Bertz CT molecular complexity index is 1350. The number of ketones is 1. The van der Waals surface area contributed by atoms with E-state index in [0.29, 0.717) is 16.8 Å². The van der Waals surface area contributed by atoms with Gasteiger partial charge in [0, 0.05) is 10.9 Å². The predicted molar refractivity (Wildman–Crippen MR) is 115 cm³/mol. The molecule has 1 aliphatic rings. The molecule has 3 aromatic carbocycles. The molecular formula is C26H16N2O2. The second-order valence-corrected chi connectivity index (χ2v) is 7.05. The zero-order chi connectivity index (χ0) is 20.5. The van der Waals surface area contributed by atoms with Gasteiger partial charge in [0.25, 0.3) is 0 Å². The van der Waals surface area contributed by atoms with Gasteiger partial charge in [-0.15, -0.1) is 0 Å². The molecular weight excluding hydrogens is 372 g/mol. The number of hydrogen-bond acceptors (Lipinski definition) is 4. The molecule has 30 heavy (non-hydrogen) atoms. The Morgan fingerprint density at radius 2 is 1.63 bits per heavy atom. The molecule has 0 amide bonds. The van der Waals surface area contributed by atoms with Crippen molar-refractivity contribution < 1.29 is 9.53 Å². The molecule has 1 aromatic heterocycles. The number of nitriles is 1. The molecule has 0 N–H and O–H groups in total. The number of para-hydroxylation sites is 1. The second-order valence-electron chi connectivity index (χ2n) is 7.05. The van der Waals surface area contributed by atoms with Gasteiger partial charge in [-0.1, -0.05) is 60.7 Å². The van der Waals surface area contributed by atoms with E-state index >= 15 is 0 Å². The summed E-state index contributed by atoms with van der Waals surface area (Å²) in [6.07, 6.45) is 1.72. The van der Waals surface area contributed by atoms with E-state index in [1.165, 1.54) is 0 Å². The van der Waals surface area contributed by atoms with Crippen molar-refractivity contribution in [3.05, 3.63) is 107 Å². The number of fused-ring (bicyclic) bond motifs is 2. The van der Waals surface area contributed by atoms with Gasteiger partial charge in [0.05, 0.1) is 28.4 Å². The lowest BCUT2D eigenvalue weighted by Gasteiger charge is -2.22. The smallest absolute Gasteiger partial charge is 0.230 e. The Labute approximate surface area is 173 Å². The van der Waals surface area contributed by atoms with Crippen LogP contribution in [0.1, 0.15) is 27.2 Å². The van der Waals surface area contributed by atoms with Crippen LogP contribution in [0.4, 0.5) is 0 Å². The number of ether oxygens (including phenoxy) is 1. The van der Waals surface area contributed by atoms with E-state index in [-0.39, 0.29) is 18.1 Å². The molecule has 0 saturated heterocycles. The fraction of sp³-hybridized carbons (Fsp3) is 0.0385. The minimum absolute atomic E-state index is 0.183. The average molecular weight is 388 g/mol. The predicted octanol–water partition coefficient (Wildman–Crippen LogP) is 5.53. The van der Waals surface area contributed by atoms with E-state index in [4.69, 9.17) is 15.0 Å². The summed E-state index contributed by atoms with van der Waals surface area (Å²) in [5, 5.41) is 9.92. The first kappa shape index (κ1) is 17.8. The van der Waals surface area contributed by atoms with Crippen molar-refractivity contribution >= 4 is 22.8 Å². The summed E-state index contributed by atoms with van der Waals surface area (Å²) in [6, 6.07) is 26.9. The molecule has 4 heteroatoms. The van der Waals surface area contributed by atoms with Gasteiger partial charge in [0.2, 0.25) is 5.78 Å². The first-order valence-corrected chi connectivity index (χ1v) is 9.61. The van der Waals surface area contributed by atoms with Crippen molar-refractivity contribution in [2.45, 2.75) is 6.61 Å². The van der Waals surface area contributed by atoms with Crippen LogP contribution in [-0.2, 0) is 11.3 Å². The van der Waals surface area contributed by atoms with E-state index in [1.807, 2.05) is 54.6 Å². The van der Waals surface area contributed by atoms with Gasteiger partial charge < -0.3 is 4.74 Å². The van der Waals surface area contributed by atoms with Crippen LogP contribution >= 0.6 is 0 Å². The summed E-state index contributed by atoms with van der Waals surface area (Å²) in [5.74, 6) is 0.0965. The molecule has 0 aliphatic carbocycles. The van der Waals surface area contributed by atoms with E-state index in [1.54, 1.807) is 30.3 Å². The van der Waals surface area contributed by atoms with Gasteiger partial charge in [0.1, 0.15) is 6.61 Å². The van der Waals surface area contributed by atoms with Crippen molar-refractivity contribution in [1.29, 1.82) is 5.26 Å². The van der Waals surface area contributed by atoms with Crippen LogP contribution in [0.3, 0.4) is 0 Å². The number of allylic oxidation sites excluding steroid dienone is 1. The maximum absolute atomic E-state index is 13.5. The van der Waals surface area contributed by atoms with Gasteiger partial charge in [0.15, 0.2) is 5.76 Å². The molecule has 0 unspecified atom stereocenters. The largest absolute Gasteiger partial charge is 0.483 e. The van der Waals surface area contributed by atoms with Crippen LogP contribution in [0.15, 0.2) is 84.6 Å². The lowest BCUT2D eigenvalue weighted by Crippen LogP contribution is -2.19. The lowest BCUT2D eigenvalue weighted by atomic mass is 9.90. The topological polar surface area (TPSA) is 63.0 Å². The minimum atomic E-state index is -0.183. The highest BCUT2D eigenvalue weighted by molar-refractivity contribution is 6.18. The van der Waals surface area contributed by atoms with E-state index in [9.17, 15) is 4.79 Å². The van der Waals surface area contributed by atoms with Gasteiger partial charge in [-0.2, -0.15) is 5.26 Å². The Balaban J connectivity index is 1.70. The molecule has 5 rings (SSSR count). The number of aromatic nitrogens is 1. The third-order valence-corrected chi connectivity index (χ3v) is 5.18. The molecule has 2 heterocycles. The molecule has 0 radical (unpaired) electrons. The molecule has 0 saturated carbocycles. The van der Waals surface area contributed by atoms with Crippen LogP contribution in [0.2, 0.25) is 0 Å². The fourth-order valence-electron chi connectivity index (χ4n) is 3.76. The van der Waals surface area contributed by atoms with E-state index in [0.717, 1.165) is 27.6 Å². The van der Waals surface area contributed by atoms with Crippen molar-refractivity contribution in [3.8, 4) is 17.2 Å². The third-order valence-electron chi connectivity index (χ3n) is 5.18. The first-order valence-electron chi connectivity index (χ1n) is 9.61. The summed E-state index contributed by atoms with van der Waals surface area (Å²) in [4.78, 5) is 18.2. The molecule has 0 bridgehead atoms. The van der Waals surface area contributed by atoms with Gasteiger partial charge in [-0.05, 0) is 35.4 Å². The maximum Gasteiger partial charge on any atom is 0.230 e. The Kier molecular flexibility index (Phi) is 4.34. The van der Waals surface area contributed by atoms with E-state index in [2.05, 4.69) is 6.07 Å². The summed E-state index contributed by atoms with van der Waals surface area (Å²) >= 11 is 0. The number of hydrogen-bond donors (Lipinski definition) is 0. The number of nitrogens with zero attached hydrogens (tertiary/aromatic N) is 2. The zero-order valence-electron chi connectivity index (χ0n) is 16.0. The molecule has 0 fully saturated rings. The zero-order valence-corrected chi connectivity index (χ0v) is 16.0. The van der Waals surface area contributed by atoms with Crippen LogP contribution in [0, 0.1) is 11.3 Å². The summed E-state index contributed by atoms with van der Waals surface area (Å²) in [7, 11) is 0. The highest BCUT2D eigenvalue weighted by atomic mass is 16.5. The number of carbonyl (C=O) groups excluding carboxylic acids is 1. The van der Waals surface area contributed by atoms with Gasteiger partial charge >= 0.3 is 0 Å². The average Bonchev–Trinajstić information content (AvgIpc) is 2.80. The third kappa shape index (κ3) is 3.03. The highest BCUT2D eigenvalue weighted by Gasteiger charge is 2.29. The Morgan fingerprint density at radius 1 is 0.900 bits per heavy atom. The standard InChI is InChI=1S/C26H16N2O2/c27-15-18-12-10-17(11-13-18)14-23-26(29)25-22(16-30-23)28-21-9-5-4-8-20(21)24(25)19-6-2-1-3-7-19/h1-14H,16H2/b23-14+. The molecule has 0 spiro atoms. The molecule has 142 valence electrons. The van der Waals surface area contributed by atoms with Crippen LogP contribution in [0.25, 0.3) is 28.1 Å². The van der Waals surface area contributed by atoms with Crippen molar-refractivity contribution in [3.63, 3.8) is 0 Å². The summed E-state index contributed by atoms with van der Waals surface area (Å²) in [5.41, 5.74) is 5.30.